The Kier molecular flexibility index (Phi) is 7.02. The van der Waals surface area contributed by atoms with Gasteiger partial charge in [0.15, 0.2) is 5.11 Å². The highest BCUT2D eigenvalue weighted by Gasteiger charge is 2.38. The maximum absolute atomic E-state index is 13.0. The predicted octanol–water partition coefficient (Wildman–Crippen LogP) is 5.24. The number of ether oxygens (including phenoxy) is 1. The molecule has 3 N–H and O–H groups in total. The van der Waals surface area contributed by atoms with E-state index in [-0.39, 0.29) is 11.8 Å². The molecule has 0 unspecified atom stereocenters. The molecule has 3 aromatic rings. The summed E-state index contributed by atoms with van der Waals surface area (Å²) in [6.45, 7) is 3.93. The minimum absolute atomic E-state index is 0.186. The number of hydrogen-bond acceptors (Lipinski definition) is 4. The number of carboxylic acids is 1. The molecule has 1 aliphatic rings. The van der Waals surface area contributed by atoms with Gasteiger partial charge in [-0.1, -0.05) is 50.2 Å². The van der Waals surface area contributed by atoms with Crippen LogP contribution in [-0.2, 0) is 11.3 Å². The van der Waals surface area contributed by atoms with Gasteiger partial charge in [-0.3, -0.25) is 4.79 Å². The van der Waals surface area contributed by atoms with Crippen molar-refractivity contribution >= 4 is 40.6 Å². The van der Waals surface area contributed by atoms with Crippen LogP contribution in [0.2, 0.25) is 0 Å². The highest BCUT2D eigenvalue weighted by atomic mass is 32.1. The number of thiocarbonyl (C=S) groups is 1. The third-order valence-electron chi connectivity index (χ3n) is 5.99. The minimum Gasteiger partial charge on any atom is -0.495 e. The maximum Gasteiger partial charge on any atom is 0.326 e. The van der Waals surface area contributed by atoms with E-state index >= 15 is 0 Å². The van der Waals surface area contributed by atoms with E-state index in [1.807, 2.05) is 80.6 Å². The molecule has 3 aromatic carbocycles. The van der Waals surface area contributed by atoms with E-state index in [2.05, 4.69) is 10.6 Å². The largest absolute Gasteiger partial charge is 0.495 e. The van der Waals surface area contributed by atoms with E-state index in [1.54, 1.807) is 7.11 Å². The Morgan fingerprint density at radius 1 is 1.03 bits per heavy atom. The number of carbonyl (C=O) groups is 2. The molecule has 0 saturated carbocycles. The summed E-state index contributed by atoms with van der Waals surface area (Å²) in [5.74, 6) is -0.717. The summed E-state index contributed by atoms with van der Waals surface area (Å²) < 4.78 is 5.34. The zero-order chi connectivity index (χ0) is 25.1. The third-order valence-corrected chi connectivity index (χ3v) is 6.20. The number of benzene rings is 3. The van der Waals surface area contributed by atoms with Gasteiger partial charge in [-0.2, -0.15) is 0 Å². The number of nitrogens with zero attached hydrogens (tertiary/aromatic N) is 1. The molecule has 0 aliphatic carbocycles. The number of para-hydroxylation sites is 2. The summed E-state index contributed by atoms with van der Waals surface area (Å²) in [4.78, 5) is 26.2. The van der Waals surface area contributed by atoms with Gasteiger partial charge in [-0.15, -0.1) is 0 Å². The molecular weight excluding hydrogens is 462 g/mol. The van der Waals surface area contributed by atoms with Gasteiger partial charge in [0.05, 0.1) is 12.8 Å². The normalized spacial score (nSPS) is 13.4. The summed E-state index contributed by atoms with van der Waals surface area (Å²) in [5.41, 5.74) is 4.80. The van der Waals surface area contributed by atoms with Gasteiger partial charge in [-0.05, 0) is 65.2 Å². The van der Waals surface area contributed by atoms with Crippen molar-refractivity contribution in [2.24, 2.45) is 5.92 Å². The number of nitrogens with one attached hydrogen (secondary N) is 2. The van der Waals surface area contributed by atoms with Crippen LogP contribution in [-0.4, -0.2) is 40.1 Å². The minimum atomic E-state index is -0.984. The maximum atomic E-state index is 13.0. The van der Waals surface area contributed by atoms with Crippen molar-refractivity contribution in [1.29, 1.82) is 0 Å². The van der Waals surface area contributed by atoms with Crippen molar-refractivity contribution in [3.8, 4) is 16.9 Å². The lowest BCUT2D eigenvalue weighted by atomic mass is 10.00. The predicted molar refractivity (Wildman–Crippen MR) is 141 cm³/mol. The molecule has 1 amide bonds. The van der Waals surface area contributed by atoms with Crippen LogP contribution in [0, 0.1) is 5.92 Å². The summed E-state index contributed by atoms with van der Waals surface area (Å²) in [6.07, 6.45) is 0. The van der Waals surface area contributed by atoms with E-state index < -0.39 is 12.0 Å². The van der Waals surface area contributed by atoms with Crippen LogP contribution >= 0.6 is 12.2 Å². The van der Waals surface area contributed by atoms with Crippen molar-refractivity contribution in [2.45, 2.75) is 26.4 Å². The Bertz CT molecular complexity index is 1270. The molecule has 1 atom stereocenters. The van der Waals surface area contributed by atoms with E-state index in [9.17, 15) is 14.7 Å². The lowest BCUT2D eigenvalue weighted by Crippen LogP contribution is -2.44. The topological polar surface area (TPSA) is 90.9 Å². The van der Waals surface area contributed by atoms with Crippen LogP contribution in [0.1, 0.15) is 29.8 Å². The summed E-state index contributed by atoms with van der Waals surface area (Å²) in [6, 6.07) is 20.1. The monoisotopic (exact) mass is 489 g/mol. The molecule has 0 aromatic heterocycles. The molecule has 0 spiro atoms. The van der Waals surface area contributed by atoms with E-state index in [1.165, 1.54) is 4.90 Å². The molecule has 7 nitrogen and oxygen atoms in total. The van der Waals surface area contributed by atoms with Crippen LogP contribution in [0.3, 0.4) is 0 Å². The number of anilines is 2. The second-order valence-electron chi connectivity index (χ2n) is 8.69. The zero-order valence-electron chi connectivity index (χ0n) is 19.7. The fourth-order valence-corrected chi connectivity index (χ4v) is 4.51. The highest BCUT2D eigenvalue weighted by Crippen LogP contribution is 2.32. The molecule has 1 aliphatic heterocycles. The second-order valence-corrected chi connectivity index (χ2v) is 9.10. The van der Waals surface area contributed by atoms with Crippen LogP contribution < -0.4 is 15.4 Å². The van der Waals surface area contributed by atoms with Crippen LogP contribution in [0.15, 0.2) is 66.7 Å². The Morgan fingerprint density at radius 2 is 1.71 bits per heavy atom. The number of aliphatic carboxylic acids is 1. The fourth-order valence-electron chi connectivity index (χ4n) is 4.28. The molecule has 8 heteroatoms. The molecule has 4 rings (SSSR count). The van der Waals surface area contributed by atoms with Gasteiger partial charge in [0.25, 0.3) is 5.91 Å². The first-order valence-corrected chi connectivity index (χ1v) is 11.7. The smallest absolute Gasteiger partial charge is 0.326 e. The number of methoxy groups -OCH3 is 1. The zero-order valence-corrected chi connectivity index (χ0v) is 20.6. The van der Waals surface area contributed by atoms with Gasteiger partial charge < -0.3 is 25.4 Å². The second kappa shape index (κ2) is 10.1. The van der Waals surface area contributed by atoms with Crippen molar-refractivity contribution in [3.63, 3.8) is 0 Å². The number of fused-ring (bicyclic) bond motifs is 1. The van der Waals surface area contributed by atoms with Crippen LogP contribution in [0.4, 0.5) is 11.4 Å². The molecule has 0 bridgehead atoms. The molecule has 0 radical (unpaired) electrons. The SMILES string of the molecule is COc1ccccc1NC(=S)Nc1ccc(-c2ccc3c(c2)C(=O)N([C@H](C(=O)O)C(C)C)C3)cc1. The van der Waals surface area contributed by atoms with E-state index in [4.69, 9.17) is 17.0 Å². The van der Waals surface area contributed by atoms with Gasteiger partial charge in [0, 0.05) is 17.8 Å². The first-order chi connectivity index (χ1) is 16.8. The van der Waals surface area contributed by atoms with Gasteiger partial charge >= 0.3 is 5.97 Å². The van der Waals surface area contributed by atoms with Crippen molar-refractivity contribution in [2.75, 3.05) is 17.7 Å². The standard InChI is InChI=1S/C27H27N3O4S/c1-16(2)24(26(32)33)30-15-19-9-8-18(14-21(19)25(30)31)17-10-12-20(13-11-17)28-27(35)29-22-6-4-5-7-23(22)34-3/h4-14,16,24H,15H2,1-3H3,(H,32,33)(H2,28,29,35)/t24-/m0/s1. The molecule has 35 heavy (non-hydrogen) atoms. The molecule has 1 heterocycles. The van der Waals surface area contributed by atoms with Crippen molar-refractivity contribution < 1.29 is 19.4 Å². The van der Waals surface area contributed by atoms with Crippen LogP contribution in [0.25, 0.3) is 11.1 Å². The molecule has 0 saturated heterocycles. The lowest BCUT2D eigenvalue weighted by molar-refractivity contribution is -0.144. The average Bonchev–Trinajstić information content (AvgIpc) is 3.14. The van der Waals surface area contributed by atoms with Gasteiger partial charge in [-0.25, -0.2) is 4.79 Å². The number of carboxylic acid groups (broad SMARTS) is 1. The number of hydrogen-bond donors (Lipinski definition) is 3. The lowest BCUT2D eigenvalue weighted by Gasteiger charge is -2.27. The summed E-state index contributed by atoms with van der Waals surface area (Å²) in [5, 5.41) is 16.3. The first kappa shape index (κ1) is 24.2. The Labute approximate surface area is 209 Å². The summed E-state index contributed by atoms with van der Waals surface area (Å²) in [7, 11) is 1.61. The highest BCUT2D eigenvalue weighted by molar-refractivity contribution is 7.80. The molecule has 180 valence electrons. The quantitative estimate of drug-likeness (QED) is 0.391. The molecule has 0 fully saturated rings. The number of rotatable bonds is 7. The molecular formula is C27H27N3O4S. The van der Waals surface area contributed by atoms with Crippen molar-refractivity contribution in [1.82, 2.24) is 4.90 Å². The van der Waals surface area contributed by atoms with Gasteiger partial charge in [0.2, 0.25) is 0 Å². The number of amides is 1. The Hall–Kier alpha value is -3.91. The van der Waals surface area contributed by atoms with E-state index in [0.717, 1.165) is 28.1 Å². The Morgan fingerprint density at radius 3 is 2.37 bits per heavy atom. The van der Waals surface area contributed by atoms with Gasteiger partial charge in [0.1, 0.15) is 11.8 Å². The van der Waals surface area contributed by atoms with Crippen molar-refractivity contribution in [3.05, 3.63) is 77.9 Å². The first-order valence-electron chi connectivity index (χ1n) is 11.3. The Balaban J connectivity index is 1.47. The third kappa shape index (κ3) is 5.12. The van der Waals surface area contributed by atoms with Crippen LogP contribution in [0.5, 0.6) is 5.75 Å². The fraction of sp³-hybridized carbons (Fsp3) is 0.222. The summed E-state index contributed by atoms with van der Waals surface area (Å²) >= 11 is 5.43. The van der Waals surface area contributed by atoms with E-state index in [0.29, 0.717) is 23.0 Å². The number of carbonyl (C=O) groups excluding carboxylic acids is 1. The average molecular weight is 490 g/mol.